The largest absolute Gasteiger partial charge is 0.354 e. The maximum atomic E-state index is 13.4. The number of aryl methyl sites for hydroxylation is 2. The van der Waals surface area contributed by atoms with Crippen LogP contribution in [0.25, 0.3) is 22.2 Å². The average Bonchev–Trinajstić information content (AvgIpc) is 3.53. The standard InChI is InChI=1S/C28H34N6O.C2H6/c1-18-14-21(15-19(2)32-18)26-23(10-11-30-20(3)31-17-29)24-16-22(8-9-25(24)33-26)28(4,5)27(35)34-12-6-7-13-34;1-2/h8-9,14-16,33H,6-7,10-13H2,1-5H3,(H,30,31);1-2H3. The summed E-state index contributed by atoms with van der Waals surface area (Å²) in [5, 5.41) is 12.5. The van der Waals surface area contributed by atoms with E-state index in [1.807, 2.05) is 52.6 Å². The number of hydrogen-bond donors (Lipinski definition) is 2. The summed E-state index contributed by atoms with van der Waals surface area (Å²) < 4.78 is 0. The first-order valence-electron chi connectivity index (χ1n) is 13.3. The van der Waals surface area contributed by atoms with Crippen LogP contribution in [0.1, 0.15) is 70.0 Å². The molecule has 2 N–H and O–H groups in total. The van der Waals surface area contributed by atoms with E-state index in [2.05, 4.69) is 50.6 Å². The van der Waals surface area contributed by atoms with Crippen LogP contribution < -0.4 is 5.32 Å². The maximum Gasteiger partial charge on any atom is 0.232 e. The Kier molecular flexibility index (Phi) is 9.09. The molecule has 1 aliphatic rings. The van der Waals surface area contributed by atoms with Crippen LogP contribution in [0.3, 0.4) is 0 Å². The third-order valence-corrected chi connectivity index (χ3v) is 6.87. The molecule has 196 valence electrons. The van der Waals surface area contributed by atoms with Crippen molar-refractivity contribution in [1.82, 2.24) is 20.2 Å². The van der Waals surface area contributed by atoms with Gasteiger partial charge in [-0.2, -0.15) is 5.26 Å². The molecule has 2 aromatic heterocycles. The molecule has 0 spiro atoms. The van der Waals surface area contributed by atoms with E-state index in [9.17, 15) is 4.79 Å². The Balaban J connectivity index is 0.00000186. The highest BCUT2D eigenvalue weighted by Gasteiger charge is 2.35. The van der Waals surface area contributed by atoms with Gasteiger partial charge in [0.15, 0.2) is 6.19 Å². The Hall–Kier alpha value is -3.66. The van der Waals surface area contributed by atoms with Crippen molar-refractivity contribution in [2.45, 2.75) is 73.1 Å². The van der Waals surface area contributed by atoms with E-state index in [0.717, 1.165) is 70.6 Å². The number of aromatic nitrogens is 2. The topological polar surface area (TPSA) is 97.2 Å². The van der Waals surface area contributed by atoms with Crippen LogP contribution in [0.2, 0.25) is 0 Å². The third kappa shape index (κ3) is 6.19. The monoisotopic (exact) mass is 500 g/mol. The number of nitrogens with zero attached hydrogens (tertiary/aromatic N) is 4. The molecule has 0 saturated carbocycles. The van der Waals surface area contributed by atoms with Crippen molar-refractivity contribution < 1.29 is 4.79 Å². The van der Waals surface area contributed by atoms with Gasteiger partial charge in [-0.3, -0.25) is 20.1 Å². The van der Waals surface area contributed by atoms with E-state index in [1.165, 1.54) is 0 Å². The number of H-pyrrole nitrogens is 1. The second-order valence-corrected chi connectivity index (χ2v) is 9.96. The summed E-state index contributed by atoms with van der Waals surface area (Å²) in [4.78, 5) is 28.0. The van der Waals surface area contributed by atoms with Gasteiger partial charge in [0.05, 0.1) is 5.41 Å². The first-order valence-corrected chi connectivity index (χ1v) is 13.3. The van der Waals surface area contributed by atoms with Crippen molar-refractivity contribution in [2.75, 3.05) is 19.6 Å². The summed E-state index contributed by atoms with van der Waals surface area (Å²) in [6.45, 7) is 16.1. The zero-order valence-electron chi connectivity index (χ0n) is 23.3. The SMILES string of the molecule is CC.CC(=NCCc1c(-c2cc(C)nc(C)c2)[nH]c2ccc(C(C)(C)C(=O)N3CCCC3)cc12)NC#N. The number of aromatic amines is 1. The van der Waals surface area contributed by atoms with Gasteiger partial charge in [-0.25, -0.2) is 0 Å². The second-order valence-electron chi connectivity index (χ2n) is 9.96. The molecule has 0 atom stereocenters. The van der Waals surface area contributed by atoms with Crippen molar-refractivity contribution in [2.24, 2.45) is 4.99 Å². The number of nitrogens with one attached hydrogen (secondary N) is 2. The van der Waals surface area contributed by atoms with Crippen molar-refractivity contribution in [3.8, 4) is 17.5 Å². The predicted octanol–water partition coefficient (Wildman–Crippen LogP) is 5.80. The molecule has 1 aromatic carbocycles. The van der Waals surface area contributed by atoms with E-state index < -0.39 is 5.41 Å². The Morgan fingerprint density at radius 2 is 1.81 bits per heavy atom. The molecule has 3 heterocycles. The molecule has 37 heavy (non-hydrogen) atoms. The molecule has 0 aliphatic carbocycles. The zero-order valence-corrected chi connectivity index (χ0v) is 23.3. The van der Waals surface area contributed by atoms with E-state index in [1.54, 1.807) is 6.92 Å². The third-order valence-electron chi connectivity index (χ3n) is 6.87. The van der Waals surface area contributed by atoms with Gasteiger partial charge in [-0.1, -0.05) is 19.9 Å². The Morgan fingerprint density at radius 1 is 1.16 bits per heavy atom. The van der Waals surface area contributed by atoms with Crippen LogP contribution in [0.15, 0.2) is 35.3 Å². The number of rotatable bonds is 6. The number of hydrogen-bond acceptors (Lipinski definition) is 4. The summed E-state index contributed by atoms with van der Waals surface area (Å²) in [7, 11) is 0. The Morgan fingerprint density at radius 3 is 2.43 bits per heavy atom. The van der Waals surface area contributed by atoms with Crippen LogP contribution in [-0.4, -0.2) is 46.2 Å². The fraction of sp³-hybridized carbons (Fsp3) is 0.467. The lowest BCUT2D eigenvalue weighted by Gasteiger charge is -2.29. The van der Waals surface area contributed by atoms with Crippen LogP contribution in [-0.2, 0) is 16.6 Å². The molecule has 3 aromatic rings. The molecule has 4 rings (SSSR count). The highest BCUT2D eigenvalue weighted by atomic mass is 16.2. The van der Waals surface area contributed by atoms with E-state index >= 15 is 0 Å². The summed E-state index contributed by atoms with van der Waals surface area (Å²) in [5.41, 5.74) is 6.67. The smallest absolute Gasteiger partial charge is 0.232 e. The minimum Gasteiger partial charge on any atom is -0.354 e. The molecular formula is C30H40N6O. The summed E-state index contributed by atoms with van der Waals surface area (Å²) >= 11 is 0. The van der Waals surface area contributed by atoms with Crippen molar-refractivity contribution in [1.29, 1.82) is 5.26 Å². The van der Waals surface area contributed by atoms with Crippen LogP contribution in [0.5, 0.6) is 0 Å². The second kappa shape index (κ2) is 12.1. The first kappa shape index (κ1) is 27.9. The van der Waals surface area contributed by atoms with Crippen molar-refractivity contribution in [3.63, 3.8) is 0 Å². The lowest BCUT2D eigenvalue weighted by Crippen LogP contribution is -2.41. The number of fused-ring (bicyclic) bond motifs is 1. The zero-order chi connectivity index (χ0) is 27.2. The Labute approximate surface area is 221 Å². The fourth-order valence-electron chi connectivity index (χ4n) is 5.02. The van der Waals surface area contributed by atoms with Gasteiger partial charge in [0.2, 0.25) is 5.91 Å². The normalized spacial score (nSPS) is 13.8. The van der Waals surface area contributed by atoms with Gasteiger partial charge >= 0.3 is 0 Å². The number of amidine groups is 1. The van der Waals surface area contributed by atoms with Gasteiger partial charge in [0.25, 0.3) is 0 Å². The van der Waals surface area contributed by atoms with E-state index in [4.69, 9.17) is 5.26 Å². The molecular weight excluding hydrogens is 460 g/mol. The number of carbonyl (C=O) groups excluding carboxylic acids is 1. The van der Waals surface area contributed by atoms with Gasteiger partial charge in [0.1, 0.15) is 5.84 Å². The molecule has 7 nitrogen and oxygen atoms in total. The van der Waals surface area contributed by atoms with Crippen molar-refractivity contribution in [3.05, 3.63) is 52.8 Å². The summed E-state index contributed by atoms with van der Waals surface area (Å²) in [5.74, 6) is 0.789. The molecule has 1 amide bonds. The van der Waals surface area contributed by atoms with Gasteiger partial charge in [-0.15, -0.1) is 0 Å². The highest BCUT2D eigenvalue weighted by molar-refractivity contribution is 5.94. The van der Waals surface area contributed by atoms with Crippen LogP contribution in [0.4, 0.5) is 0 Å². The number of benzene rings is 1. The number of pyridine rings is 1. The molecule has 7 heteroatoms. The van der Waals surface area contributed by atoms with Gasteiger partial charge < -0.3 is 9.88 Å². The number of nitriles is 1. The van der Waals surface area contributed by atoms with Crippen molar-refractivity contribution >= 4 is 22.6 Å². The quantitative estimate of drug-likeness (QED) is 0.193. The summed E-state index contributed by atoms with van der Waals surface area (Å²) in [6, 6.07) is 10.5. The minimum absolute atomic E-state index is 0.190. The van der Waals surface area contributed by atoms with Gasteiger partial charge in [-0.05, 0) is 89.3 Å². The lowest BCUT2D eigenvalue weighted by atomic mass is 9.82. The molecule has 0 unspecified atom stereocenters. The number of aliphatic imine (C=N–C) groups is 1. The van der Waals surface area contributed by atoms with E-state index in [0.29, 0.717) is 18.8 Å². The molecule has 1 saturated heterocycles. The Bertz CT molecular complexity index is 1300. The number of amides is 1. The molecule has 0 radical (unpaired) electrons. The van der Waals surface area contributed by atoms with Crippen LogP contribution >= 0.6 is 0 Å². The van der Waals surface area contributed by atoms with Gasteiger partial charge in [0, 0.05) is 53.2 Å². The highest BCUT2D eigenvalue weighted by Crippen LogP contribution is 2.35. The number of likely N-dealkylation sites (tertiary alicyclic amines) is 1. The lowest BCUT2D eigenvalue weighted by molar-refractivity contribution is -0.135. The first-order chi connectivity index (χ1) is 17.7. The van der Waals surface area contributed by atoms with E-state index in [-0.39, 0.29) is 5.91 Å². The van der Waals surface area contributed by atoms with Crippen LogP contribution in [0, 0.1) is 25.3 Å². The fourth-order valence-corrected chi connectivity index (χ4v) is 5.02. The average molecular weight is 501 g/mol. The predicted molar refractivity (Wildman–Crippen MR) is 152 cm³/mol. The number of carbonyl (C=O) groups is 1. The maximum absolute atomic E-state index is 13.4. The molecule has 1 fully saturated rings. The minimum atomic E-state index is -0.609. The molecule has 0 bridgehead atoms. The summed E-state index contributed by atoms with van der Waals surface area (Å²) in [6.07, 6.45) is 4.78. The molecule has 1 aliphatic heterocycles.